The van der Waals surface area contributed by atoms with Gasteiger partial charge in [0.05, 0.1) is 12.6 Å². The van der Waals surface area contributed by atoms with E-state index in [1.54, 1.807) is 13.2 Å². The van der Waals surface area contributed by atoms with E-state index in [9.17, 15) is 10.1 Å². The fraction of sp³-hybridized carbons (Fsp3) is 0.455. The Kier molecular flexibility index (Phi) is 7.29. The fourth-order valence-corrected chi connectivity index (χ4v) is 3.12. The predicted molar refractivity (Wildman–Crippen MR) is 111 cm³/mol. The van der Waals surface area contributed by atoms with E-state index < -0.39 is 6.04 Å². The smallest absolute Gasteiger partial charge is 0.261 e. The normalized spacial score (nSPS) is 13.9. The standard InChI is InChI=1S/C22H30N2O4/c1-22(2,3)19-8-6-15(7-9-19)16-10-17(20(23)13-27-4)12-18(11-16)21(14-28-5)24(25)26/h6-12,20-21H,13-14,23H2,1-5H3. The number of hydrogen-bond acceptors (Lipinski definition) is 5. The van der Waals surface area contributed by atoms with Crippen molar-refractivity contribution in [3.8, 4) is 11.1 Å². The van der Waals surface area contributed by atoms with Gasteiger partial charge in [-0.3, -0.25) is 10.1 Å². The van der Waals surface area contributed by atoms with Crippen LogP contribution in [-0.2, 0) is 14.9 Å². The highest BCUT2D eigenvalue weighted by molar-refractivity contribution is 5.66. The maximum Gasteiger partial charge on any atom is 0.261 e. The number of benzene rings is 2. The third-order valence-corrected chi connectivity index (χ3v) is 4.80. The minimum atomic E-state index is -0.952. The number of rotatable bonds is 8. The summed E-state index contributed by atoms with van der Waals surface area (Å²) in [6.45, 7) is 6.82. The Morgan fingerprint density at radius 2 is 1.54 bits per heavy atom. The van der Waals surface area contributed by atoms with Gasteiger partial charge in [0.1, 0.15) is 6.61 Å². The second kappa shape index (κ2) is 9.28. The van der Waals surface area contributed by atoms with Gasteiger partial charge >= 0.3 is 0 Å². The molecule has 2 rings (SSSR count). The second-order valence-corrected chi connectivity index (χ2v) is 8.03. The quantitative estimate of drug-likeness (QED) is 0.541. The Balaban J connectivity index is 2.54. The lowest BCUT2D eigenvalue weighted by atomic mass is 9.86. The molecule has 0 aliphatic carbocycles. The summed E-state index contributed by atoms with van der Waals surface area (Å²) in [7, 11) is 3.05. The minimum absolute atomic E-state index is 0.00162. The summed E-state index contributed by atoms with van der Waals surface area (Å²) in [5, 5.41) is 11.6. The van der Waals surface area contributed by atoms with Crippen LogP contribution in [0.1, 0.15) is 49.5 Å². The molecule has 0 amide bonds. The second-order valence-electron chi connectivity index (χ2n) is 8.03. The molecule has 2 atom stereocenters. The molecular weight excluding hydrogens is 356 g/mol. The molecule has 2 aromatic rings. The molecule has 0 aromatic heterocycles. The molecular formula is C22H30N2O4. The van der Waals surface area contributed by atoms with Crippen LogP contribution in [0.25, 0.3) is 11.1 Å². The number of nitro groups is 1. The highest BCUT2D eigenvalue weighted by Gasteiger charge is 2.25. The van der Waals surface area contributed by atoms with E-state index in [-0.39, 0.29) is 23.0 Å². The highest BCUT2D eigenvalue weighted by atomic mass is 16.6. The maximum atomic E-state index is 11.6. The van der Waals surface area contributed by atoms with Crippen LogP contribution >= 0.6 is 0 Å². The van der Waals surface area contributed by atoms with Gasteiger partial charge < -0.3 is 15.2 Å². The van der Waals surface area contributed by atoms with Crippen molar-refractivity contribution in [1.82, 2.24) is 0 Å². The zero-order valence-corrected chi connectivity index (χ0v) is 17.3. The molecule has 0 heterocycles. The molecule has 6 heteroatoms. The summed E-state index contributed by atoms with van der Waals surface area (Å²) in [5.41, 5.74) is 10.8. The van der Waals surface area contributed by atoms with Gasteiger partial charge in [-0.1, -0.05) is 45.0 Å². The largest absolute Gasteiger partial charge is 0.383 e. The molecule has 0 fully saturated rings. The van der Waals surface area contributed by atoms with Crippen LogP contribution in [0.3, 0.4) is 0 Å². The molecule has 2 N–H and O–H groups in total. The number of methoxy groups -OCH3 is 2. The Morgan fingerprint density at radius 3 is 2.04 bits per heavy atom. The molecule has 0 spiro atoms. The van der Waals surface area contributed by atoms with Gasteiger partial charge in [0, 0.05) is 24.7 Å². The summed E-state index contributed by atoms with van der Waals surface area (Å²) < 4.78 is 10.2. The molecule has 0 aliphatic rings. The fourth-order valence-electron chi connectivity index (χ4n) is 3.12. The van der Waals surface area contributed by atoms with Crippen molar-refractivity contribution >= 4 is 0 Å². The molecule has 6 nitrogen and oxygen atoms in total. The molecule has 0 saturated carbocycles. The Bertz CT molecular complexity index is 797. The van der Waals surface area contributed by atoms with Crippen LogP contribution < -0.4 is 5.73 Å². The number of hydrogen-bond donors (Lipinski definition) is 1. The zero-order chi connectivity index (χ0) is 20.9. The lowest BCUT2D eigenvalue weighted by Crippen LogP contribution is -2.19. The average molecular weight is 386 g/mol. The number of ether oxygens (including phenoxy) is 2. The van der Waals surface area contributed by atoms with E-state index in [2.05, 4.69) is 32.9 Å². The Hall–Kier alpha value is -2.28. The summed E-state index contributed by atoms with van der Waals surface area (Å²) in [6, 6.07) is 12.6. The van der Waals surface area contributed by atoms with Crippen LogP contribution in [0, 0.1) is 10.1 Å². The van der Waals surface area contributed by atoms with Gasteiger partial charge in [-0.15, -0.1) is 0 Å². The summed E-state index contributed by atoms with van der Waals surface area (Å²) in [5.74, 6) is 0. The van der Waals surface area contributed by atoms with Gasteiger partial charge in [-0.25, -0.2) is 0 Å². The summed E-state index contributed by atoms with van der Waals surface area (Å²) in [6.07, 6.45) is 0. The molecule has 0 saturated heterocycles. The van der Waals surface area contributed by atoms with Crippen LogP contribution in [0.2, 0.25) is 0 Å². The molecule has 0 aliphatic heterocycles. The first-order valence-corrected chi connectivity index (χ1v) is 9.30. The van der Waals surface area contributed by atoms with E-state index in [1.165, 1.54) is 12.7 Å². The van der Waals surface area contributed by atoms with E-state index in [0.29, 0.717) is 12.2 Å². The van der Waals surface area contributed by atoms with Crippen molar-refractivity contribution in [2.75, 3.05) is 27.4 Å². The molecule has 2 aromatic carbocycles. The van der Waals surface area contributed by atoms with Crippen molar-refractivity contribution in [3.05, 3.63) is 69.3 Å². The van der Waals surface area contributed by atoms with Crippen molar-refractivity contribution < 1.29 is 14.4 Å². The van der Waals surface area contributed by atoms with E-state index in [4.69, 9.17) is 15.2 Å². The molecule has 28 heavy (non-hydrogen) atoms. The van der Waals surface area contributed by atoms with Crippen molar-refractivity contribution in [2.45, 2.75) is 38.3 Å². The molecule has 0 radical (unpaired) electrons. The maximum absolute atomic E-state index is 11.6. The molecule has 152 valence electrons. The first kappa shape index (κ1) is 22.0. The molecule has 2 unspecified atom stereocenters. The van der Waals surface area contributed by atoms with Gasteiger partial charge in [-0.05, 0) is 45.9 Å². The van der Waals surface area contributed by atoms with Gasteiger partial charge in [0.2, 0.25) is 0 Å². The first-order chi connectivity index (χ1) is 13.2. The average Bonchev–Trinajstić information content (AvgIpc) is 2.65. The van der Waals surface area contributed by atoms with Crippen molar-refractivity contribution in [2.24, 2.45) is 5.73 Å². The van der Waals surface area contributed by atoms with Crippen LogP contribution in [0.5, 0.6) is 0 Å². The SMILES string of the molecule is COCC(N)c1cc(-c2ccc(C(C)(C)C)cc2)cc(C(COC)[N+](=O)[O-])c1. The van der Waals surface area contributed by atoms with E-state index in [1.807, 2.05) is 24.3 Å². The van der Waals surface area contributed by atoms with Crippen LogP contribution in [0.4, 0.5) is 0 Å². The zero-order valence-electron chi connectivity index (χ0n) is 17.3. The van der Waals surface area contributed by atoms with Gasteiger partial charge in [0.25, 0.3) is 6.04 Å². The van der Waals surface area contributed by atoms with Crippen molar-refractivity contribution in [3.63, 3.8) is 0 Å². The lowest BCUT2D eigenvalue weighted by Gasteiger charge is -2.20. The summed E-state index contributed by atoms with van der Waals surface area (Å²) in [4.78, 5) is 11.2. The number of nitrogens with zero attached hydrogens (tertiary/aromatic N) is 1. The van der Waals surface area contributed by atoms with E-state index >= 15 is 0 Å². The Morgan fingerprint density at radius 1 is 0.964 bits per heavy atom. The third kappa shape index (κ3) is 5.38. The van der Waals surface area contributed by atoms with Crippen LogP contribution in [-0.4, -0.2) is 32.4 Å². The Labute approximate surface area is 166 Å². The van der Waals surface area contributed by atoms with Gasteiger partial charge in [-0.2, -0.15) is 0 Å². The topological polar surface area (TPSA) is 87.6 Å². The minimum Gasteiger partial charge on any atom is -0.383 e. The monoisotopic (exact) mass is 386 g/mol. The predicted octanol–water partition coefficient (Wildman–Crippen LogP) is 4.26. The van der Waals surface area contributed by atoms with Crippen molar-refractivity contribution in [1.29, 1.82) is 0 Å². The number of nitrogens with two attached hydrogens (primary N) is 1. The first-order valence-electron chi connectivity index (χ1n) is 9.30. The lowest BCUT2D eigenvalue weighted by molar-refractivity contribution is -0.532. The highest BCUT2D eigenvalue weighted by Crippen LogP contribution is 2.31. The third-order valence-electron chi connectivity index (χ3n) is 4.80. The molecule has 0 bridgehead atoms. The van der Waals surface area contributed by atoms with E-state index in [0.717, 1.165) is 16.7 Å². The van der Waals surface area contributed by atoms with Gasteiger partial charge in [0.15, 0.2) is 0 Å². The summed E-state index contributed by atoms with van der Waals surface area (Å²) >= 11 is 0. The van der Waals surface area contributed by atoms with Crippen LogP contribution in [0.15, 0.2) is 42.5 Å².